The maximum absolute atomic E-state index is 14.0. The Hall–Kier alpha value is -1.78. The second-order valence-electron chi connectivity index (χ2n) is 5.35. The molecule has 0 saturated carbocycles. The van der Waals surface area contributed by atoms with Gasteiger partial charge in [0.25, 0.3) is 0 Å². The molecule has 2 aromatic carbocycles. The fourth-order valence-electron chi connectivity index (χ4n) is 2.44. The van der Waals surface area contributed by atoms with Crippen LogP contribution in [0.15, 0.2) is 48.5 Å². The van der Waals surface area contributed by atoms with Gasteiger partial charge in [-0.1, -0.05) is 44.2 Å². The summed E-state index contributed by atoms with van der Waals surface area (Å²) in [6, 6.07) is 12.3. The molecule has 20 heavy (non-hydrogen) atoms. The van der Waals surface area contributed by atoms with Gasteiger partial charge in [-0.3, -0.25) is 11.3 Å². The molecular formula is C16H18F2N2. The fraction of sp³-hybridized carbons (Fsp3) is 0.250. The van der Waals surface area contributed by atoms with Crippen LogP contribution in [0.2, 0.25) is 0 Å². The van der Waals surface area contributed by atoms with Crippen molar-refractivity contribution < 1.29 is 8.78 Å². The highest BCUT2D eigenvalue weighted by molar-refractivity contribution is 5.32. The third kappa shape index (κ3) is 2.71. The van der Waals surface area contributed by atoms with E-state index < -0.39 is 11.5 Å². The molecule has 1 unspecified atom stereocenters. The number of nitrogens with one attached hydrogen (secondary N) is 1. The van der Waals surface area contributed by atoms with E-state index in [-0.39, 0.29) is 11.6 Å². The van der Waals surface area contributed by atoms with Gasteiger partial charge in [-0.25, -0.2) is 8.78 Å². The van der Waals surface area contributed by atoms with Gasteiger partial charge in [0.1, 0.15) is 11.6 Å². The molecule has 1 atom stereocenters. The summed E-state index contributed by atoms with van der Waals surface area (Å²) in [7, 11) is 0. The van der Waals surface area contributed by atoms with Gasteiger partial charge in [-0.05, 0) is 23.8 Å². The van der Waals surface area contributed by atoms with E-state index in [4.69, 9.17) is 5.84 Å². The summed E-state index contributed by atoms with van der Waals surface area (Å²) in [5.74, 6) is 5.02. The van der Waals surface area contributed by atoms with Crippen LogP contribution in [0.3, 0.4) is 0 Å². The molecule has 0 spiro atoms. The van der Waals surface area contributed by atoms with E-state index in [1.165, 1.54) is 18.2 Å². The minimum Gasteiger partial charge on any atom is -0.271 e. The van der Waals surface area contributed by atoms with Crippen molar-refractivity contribution in [2.24, 2.45) is 5.84 Å². The van der Waals surface area contributed by atoms with Crippen LogP contribution in [0.4, 0.5) is 8.78 Å². The Morgan fingerprint density at radius 2 is 1.60 bits per heavy atom. The molecule has 106 valence electrons. The van der Waals surface area contributed by atoms with Gasteiger partial charge >= 0.3 is 0 Å². The first-order valence-corrected chi connectivity index (χ1v) is 6.43. The lowest BCUT2D eigenvalue weighted by molar-refractivity contribution is 0.342. The third-order valence-corrected chi connectivity index (χ3v) is 3.69. The Morgan fingerprint density at radius 1 is 1.00 bits per heavy atom. The Balaban J connectivity index is 2.44. The number of benzene rings is 2. The van der Waals surface area contributed by atoms with Crippen LogP contribution < -0.4 is 11.3 Å². The number of nitrogens with two attached hydrogens (primary N) is 1. The van der Waals surface area contributed by atoms with Crippen molar-refractivity contribution in [3.05, 3.63) is 71.3 Å². The molecule has 3 N–H and O–H groups in total. The highest BCUT2D eigenvalue weighted by Crippen LogP contribution is 2.37. The molecule has 0 amide bonds. The largest absolute Gasteiger partial charge is 0.271 e. The smallest absolute Gasteiger partial charge is 0.128 e. The summed E-state index contributed by atoms with van der Waals surface area (Å²) >= 11 is 0. The van der Waals surface area contributed by atoms with Crippen molar-refractivity contribution in [1.29, 1.82) is 0 Å². The highest BCUT2D eigenvalue weighted by atomic mass is 19.1. The molecule has 0 aliphatic rings. The Kier molecular flexibility index (Phi) is 4.16. The molecule has 0 bridgehead atoms. The Labute approximate surface area is 117 Å². The second kappa shape index (κ2) is 5.69. The maximum atomic E-state index is 14.0. The summed E-state index contributed by atoms with van der Waals surface area (Å²) in [6.45, 7) is 3.88. The molecule has 2 nitrogen and oxygen atoms in total. The average Bonchev–Trinajstić information content (AvgIpc) is 2.42. The van der Waals surface area contributed by atoms with Gasteiger partial charge in [-0.2, -0.15) is 0 Å². The molecule has 2 aromatic rings. The molecule has 2 rings (SSSR count). The summed E-state index contributed by atoms with van der Waals surface area (Å²) in [4.78, 5) is 0. The van der Waals surface area contributed by atoms with E-state index in [0.29, 0.717) is 5.56 Å². The monoisotopic (exact) mass is 276 g/mol. The first-order chi connectivity index (χ1) is 9.46. The summed E-state index contributed by atoms with van der Waals surface area (Å²) in [5.41, 5.74) is 3.55. The summed E-state index contributed by atoms with van der Waals surface area (Å²) in [5, 5.41) is 0. The minimum atomic E-state index is -0.495. The van der Waals surface area contributed by atoms with Crippen molar-refractivity contribution in [3.8, 4) is 0 Å². The lowest BCUT2D eigenvalue weighted by atomic mass is 9.75. The molecule has 0 fully saturated rings. The maximum Gasteiger partial charge on any atom is 0.128 e. The zero-order chi connectivity index (χ0) is 14.8. The number of hydrogen-bond donors (Lipinski definition) is 2. The van der Waals surface area contributed by atoms with Gasteiger partial charge in [-0.15, -0.1) is 0 Å². The van der Waals surface area contributed by atoms with Gasteiger partial charge in [0, 0.05) is 11.0 Å². The fourth-order valence-corrected chi connectivity index (χ4v) is 2.44. The standard InChI is InChI=1S/C16H18F2N2/c1-16(2,11-7-9-12(17)10-8-11)15(20-19)13-5-3-4-6-14(13)18/h3-10,15,20H,19H2,1-2H3. The van der Waals surface area contributed by atoms with E-state index >= 15 is 0 Å². The number of rotatable bonds is 4. The van der Waals surface area contributed by atoms with Crippen molar-refractivity contribution in [1.82, 2.24) is 5.43 Å². The van der Waals surface area contributed by atoms with Crippen molar-refractivity contribution >= 4 is 0 Å². The Morgan fingerprint density at radius 3 is 2.15 bits per heavy atom. The van der Waals surface area contributed by atoms with Crippen LogP contribution in [0.5, 0.6) is 0 Å². The normalized spacial score (nSPS) is 13.2. The van der Waals surface area contributed by atoms with E-state index in [1.807, 2.05) is 13.8 Å². The van der Waals surface area contributed by atoms with Gasteiger partial charge < -0.3 is 0 Å². The quantitative estimate of drug-likeness (QED) is 0.663. The summed E-state index contributed by atoms with van der Waals surface area (Å²) in [6.07, 6.45) is 0. The Bertz CT molecular complexity index is 579. The van der Waals surface area contributed by atoms with Crippen molar-refractivity contribution in [2.45, 2.75) is 25.3 Å². The zero-order valence-electron chi connectivity index (χ0n) is 11.5. The number of hydrogen-bond acceptors (Lipinski definition) is 2. The molecule has 0 heterocycles. The predicted molar refractivity (Wildman–Crippen MR) is 75.9 cm³/mol. The van der Waals surface area contributed by atoms with E-state index in [2.05, 4.69) is 5.43 Å². The van der Waals surface area contributed by atoms with E-state index in [1.54, 1.807) is 30.3 Å². The number of hydrazine groups is 1. The van der Waals surface area contributed by atoms with Crippen LogP contribution in [-0.4, -0.2) is 0 Å². The molecule has 0 aliphatic heterocycles. The lowest BCUT2D eigenvalue weighted by Crippen LogP contribution is -2.41. The predicted octanol–water partition coefficient (Wildman–Crippen LogP) is 3.45. The average molecular weight is 276 g/mol. The first-order valence-electron chi connectivity index (χ1n) is 6.43. The molecule has 0 radical (unpaired) electrons. The first kappa shape index (κ1) is 14.6. The highest BCUT2D eigenvalue weighted by Gasteiger charge is 2.33. The van der Waals surface area contributed by atoms with Crippen LogP contribution in [0.1, 0.15) is 31.0 Å². The van der Waals surface area contributed by atoms with E-state index in [0.717, 1.165) is 5.56 Å². The van der Waals surface area contributed by atoms with Gasteiger partial charge in [0.05, 0.1) is 6.04 Å². The van der Waals surface area contributed by atoms with Crippen LogP contribution >= 0.6 is 0 Å². The van der Waals surface area contributed by atoms with Crippen LogP contribution in [0, 0.1) is 11.6 Å². The minimum absolute atomic E-state index is 0.298. The molecule has 0 aromatic heterocycles. The lowest BCUT2D eigenvalue weighted by Gasteiger charge is -2.35. The number of halogens is 2. The van der Waals surface area contributed by atoms with Crippen LogP contribution in [0.25, 0.3) is 0 Å². The molecule has 0 saturated heterocycles. The SMILES string of the molecule is CC(C)(c1ccc(F)cc1)C(NN)c1ccccc1F. The van der Waals surface area contributed by atoms with Gasteiger partial charge in [0.15, 0.2) is 0 Å². The topological polar surface area (TPSA) is 38.0 Å². The van der Waals surface area contributed by atoms with Crippen molar-refractivity contribution in [2.75, 3.05) is 0 Å². The molecular weight excluding hydrogens is 258 g/mol. The third-order valence-electron chi connectivity index (χ3n) is 3.69. The van der Waals surface area contributed by atoms with Gasteiger partial charge in [0.2, 0.25) is 0 Å². The summed E-state index contributed by atoms with van der Waals surface area (Å²) < 4.78 is 27.0. The van der Waals surface area contributed by atoms with Crippen molar-refractivity contribution in [3.63, 3.8) is 0 Å². The van der Waals surface area contributed by atoms with E-state index in [9.17, 15) is 8.78 Å². The molecule has 4 heteroatoms. The molecule has 0 aliphatic carbocycles. The zero-order valence-corrected chi connectivity index (χ0v) is 11.5. The second-order valence-corrected chi connectivity index (χ2v) is 5.35. The van der Waals surface area contributed by atoms with Crippen LogP contribution in [-0.2, 0) is 5.41 Å².